The van der Waals surface area contributed by atoms with Gasteiger partial charge in [0, 0.05) is 44.4 Å². The topological polar surface area (TPSA) is 91.8 Å². The third-order valence-electron chi connectivity index (χ3n) is 4.07. The maximum atomic E-state index is 12.3. The lowest BCUT2D eigenvalue weighted by Gasteiger charge is -2.33. The van der Waals surface area contributed by atoms with E-state index in [4.69, 9.17) is 9.84 Å². The molecule has 7 heteroatoms. The van der Waals surface area contributed by atoms with Crippen LogP contribution in [0.4, 0.5) is 4.79 Å². The Balaban J connectivity index is 1.78. The van der Waals surface area contributed by atoms with Gasteiger partial charge < -0.3 is 20.1 Å². The SMILES string of the molecule is CCC[C@H](CC(=O)O)NC(=O)N1CCC(Oc2ccncc2)CC1. The van der Waals surface area contributed by atoms with Gasteiger partial charge >= 0.3 is 12.0 Å². The van der Waals surface area contributed by atoms with E-state index in [0.29, 0.717) is 19.5 Å². The van der Waals surface area contributed by atoms with Gasteiger partial charge in [-0.2, -0.15) is 0 Å². The van der Waals surface area contributed by atoms with Crippen molar-refractivity contribution < 1.29 is 19.4 Å². The highest BCUT2D eigenvalue weighted by Gasteiger charge is 2.25. The van der Waals surface area contributed by atoms with Gasteiger partial charge in [0.25, 0.3) is 0 Å². The van der Waals surface area contributed by atoms with E-state index >= 15 is 0 Å². The van der Waals surface area contributed by atoms with Crippen LogP contribution in [0, 0.1) is 0 Å². The largest absolute Gasteiger partial charge is 0.490 e. The van der Waals surface area contributed by atoms with Crippen molar-refractivity contribution in [2.75, 3.05) is 13.1 Å². The van der Waals surface area contributed by atoms with Crippen LogP contribution in [0.2, 0.25) is 0 Å². The number of aliphatic carboxylic acids is 1. The molecule has 1 atom stereocenters. The molecular formula is C17H25N3O4. The van der Waals surface area contributed by atoms with E-state index in [2.05, 4.69) is 10.3 Å². The van der Waals surface area contributed by atoms with Gasteiger partial charge in [0.1, 0.15) is 11.9 Å². The number of rotatable bonds is 7. The number of ether oxygens (including phenoxy) is 1. The molecule has 1 fully saturated rings. The number of likely N-dealkylation sites (tertiary alicyclic amines) is 1. The molecule has 132 valence electrons. The third-order valence-corrected chi connectivity index (χ3v) is 4.07. The van der Waals surface area contributed by atoms with E-state index in [0.717, 1.165) is 25.0 Å². The normalized spacial score (nSPS) is 16.5. The average Bonchev–Trinajstić information content (AvgIpc) is 2.56. The number of carbonyl (C=O) groups is 2. The van der Waals surface area contributed by atoms with Gasteiger partial charge in [-0.15, -0.1) is 0 Å². The van der Waals surface area contributed by atoms with Crippen molar-refractivity contribution >= 4 is 12.0 Å². The number of piperidine rings is 1. The summed E-state index contributed by atoms with van der Waals surface area (Å²) in [4.78, 5) is 28.9. The summed E-state index contributed by atoms with van der Waals surface area (Å²) in [6.45, 7) is 3.18. The highest BCUT2D eigenvalue weighted by atomic mass is 16.5. The van der Waals surface area contributed by atoms with E-state index in [1.165, 1.54) is 0 Å². The number of carboxylic acid groups (broad SMARTS) is 1. The maximum absolute atomic E-state index is 12.3. The van der Waals surface area contributed by atoms with Crippen molar-refractivity contribution in [3.05, 3.63) is 24.5 Å². The molecule has 0 unspecified atom stereocenters. The van der Waals surface area contributed by atoms with Crippen LogP contribution in [0.25, 0.3) is 0 Å². The average molecular weight is 335 g/mol. The molecule has 0 aliphatic carbocycles. The van der Waals surface area contributed by atoms with Gasteiger partial charge in [0.2, 0.25) is 0 Å². The van der Waals surface area contributed by atoms with Crippen LogP contribution in [0.1, 0.15) is 39.0 Å². The minimum Gasteiger partial charge on any atom is -0.490 e. The molecule has 2 rings (SSSR count). The predicted octanol–water partition coefficient (Wildman–Crippen LogP) is 2.28. The Labute approximate surface area is 142 Å². The fourth-order valence-electron chi connectivity index (χ4n) is 2.84. The second-order valence-corrected chi connectivity index (χ2v) is 6.02. The van der Waals surface area contributed by atoms with Crippen molar-refractivity contribution in [2.24, 2.45) is 0 Å². The van der Waals surface area contributed by atoms with Crippen molar-refractivity contribution in [2.45, 2.75) is 51.2 Å². The zero-order chi connectivity index (χ0) is 17.4. The van der Waals surface area contributed by atoms with E-state index in [-0.39, 0.29) is 24.6 Å². The number of aromatic nitrogens is 1. The zero-order valence-electron chi connectivity index (χ0n) is 14.0. The van der Waals surface area contributed by atoms with Crippen molar-refractivity contribution in [3.8, 4) is 5.75 Å². The molecule has 2 heterocycles. The molecular weight excluding hydrogens is 310 g/mol. The summed E-state index contributed by atoms with van der Waals surface area (Å²) in [5.74, 6) is -0.101. The quantitative estimate of drug-likeness (QED) is 0.797. The number of carbonyl (C=O) groups excluding carboxylic acids is 1. The smallest absolute Gasteiger partial charge is 0.317 e. The minimum absolute atomic E-state index is 0.0405. The summed E-state index contributed by atoms with van der Waals surface area (Å²) in [5.41, 5.74) is 0. The number of hydrogen-bond acceptors (Lipinski definition) is 4. The van der Waals surface area contributed by atoms with E-state index in [1.54, 1.807) is 17.3 Å². The first-order chi connectivity index (χ1) is 11.6. The molecule has 0 aromatic carbocycles. The van der Waals surface area contributed by atoms with Crippen LogP contribution in [0.5, 0.6) is 5.75 Å². The zero-order valence-corrected chi connectivity index (χ0v) is 14.0. The Morgan fingerprint density at radius 1 is 1.38 bits per heavy atom. The number of nitrogens with zero attached hydrogens (tertiary/aromatic N) is 2. The first-order valence-corrected chi connectivity index (χ1v) is 8.42. The second kappa shape index (κ2) is 9.10. The summed E-state index contributed by atoms with van der Waals surface area (Å²) in [6.07, 6.45) is 6.44. The number of hydrogen-bond donors (Lipinski definition) is 2. The molecule has 1 aromatic heterocycles. The van der Waals surface area contributed by atoms with Crippen LogP contribution in [-0.2, 0) is 4.79 Å². The van der Waals surface area contributed by atoms with Gasteiger partial charge in [0.15, 0.2) is 0 Å². The van der Waals surface area contributed by atoms with Gasteiger partial charge in [-0.1, -0.05) is 13.3 Å². The number of nitrogens with one attached hydrogen (secondary N) is 1. The number of amides is 2. The molecule has 1 saturated heterocycles. The van der Waals surface area contributed by atoms with Crippen LogP contribution in [0.15, 0.2) is 24.5 Å². The van der Waals surface area contributed by atoms with Gasteiger partial charge in [0.05, 0.1) is 6.42 Å². The summed E-state index contributed by atoms with van der Waals surface area (Å²) in [6, 6.07) is 3.14. The molecule has 0 radical (unpaired) electrons. The van der Waals surface area contributed by atoms with Crippen molar-refractivity contribution in [1.29, 1.82) is 0 Å². The molecule has 24 heavy (non-hydrogen) atoms. The minimum atomic E-state index is -0.891. The van der Waals surface area contributed by atoms with Gasteiger partial charge in [-0.05, 0) is 18.6 Å². The second-order valence-electron chi connectivity index (χ2n) is 6.02. The standard InChI is InChI=1S/C17H25N3O4/c1-2-3-13(12-16(21)22)19-17(23)20-10-6-15(7-11-20)24-14-4-8-18-9-5-14/h4-5,8-9,13,15H,2-3,6-7,10-12H2,1H3,(H,19,23)(H,21,22)/t13-/m1/s1. The molecule has 7 nitrogen and oxygen atoms in total. The van der Waals surface area contributed by atoms with Crippen LogP contribution < -0.4 is 10.1 Å². The Kier molecular flexibility index (Phi) is 6.84. The highest BCUT2D eigenvalue weighted by molar-refractivity contribution is 5.76. The number of urea groups is 1. The number of pyridine rings is 1. The molecule has 1 aliphatic rings. The monoisotopic (exact) mass is 335 g/mol. The highest BCUT2D eigenvalue weighted by Crippen LogP contribution is 2.18. The lowest BCUT2D eigenvalue weighted by atomic mass is 10.1. The Morgan fingerprint density at radius 2 is 2.04 bits per heavy atom. The molecule has 0 saturated carbocycles. The predicted molar refractivity (Wildman–Crippen MR) is 88.9 cm³/mol. The lowest BCUT2D eigenvalue weighted by molar-refractivity contribution is -0.137. The van der Waals surface area contributed by atoms with Crippen molar-refractivity contribution in [1.82, 2.24) is 15.2 Å². The Bertz CT molecular complexity index is 530. The first-order valence-electron chi connectivity index (χ1n) is 8.42. The lowest BCUT2D eigenvalue weighted by Crippen LogP contribution is -2.49. The fraction of sp³-hybridized carbons (Fsp3) is 0.588. The molecule has 1 aromatic rings. The van der Waals surface area contributed by atoms with E-state index in [1.807, 2.05) is 19.1 Å². The third kappa shape index (κ3) is 5.72. The first kappa shape index (κ1) is 18.0. The summed E-state index contributed by atoms with van der Waals surface area (Å²) in [5, 5.41) is 11.8. The van der Waals surface area contributed by atoms with Gasteiger partial charge in [-0.3, -0.25) is 9.78 Å². The summed E-state index contributed by atoms with van der Waals surface area (Å²) in [7, 11) is 0. The van der Waals surface area contributed by atoms with Crippen molar-refractivity contribution in [3.63, 3.8) is 0 Å². The van der Waals surface area contributed by atoms with E-state index in [9.17, 15) is 9.59 Å². The maximum Gasteiger partial charge on any atom is 0.317 e. The Morgan fingerprint density at radius 3 is 2.62 bits per heavy atom. The fourth-order valence-corrected chi connectivity index (χ4v) is 2.84. The van der Waals surface area contributed by atoms with Crippen LogP contribution in [0.3, 0.4) is 0 Å². The molecule has 2 N–H and O–H groups in total. The van der Waals surface area contributed by atoms with Crippen LogP contribution >= 0.6 is 0 Å². The molecule has 0 bridgehead atoms. The summed E-state index contributed by atoms with van der Waals surface area (Å²) >= 11 is 0. The van der Waals surface area contributed by atoms with Gasteiger partial charge in [-0.25, -0.2) is 4.79 Å². The summed E-state index contributed by atoms with van der Waals surface area (Å²) < 4.78 is 5.88. The molecule has 1 aliphatic heterocycles. The molecule has 2 amide bonds. The van der Waals surface area contributed by atoms with E-state index < -0.39 is 5.97 Å². The Hall–Kier alpha value is -2.31. The molecule has 0 spiro atoms. The number of carboxylic acids is 1. The van der Waals surface area contributed by atoms with Crippen LogP contribution in [-0.4, -0.2) is 52.2 Å².